The second-order valence-electron chi connectivity index (χ2n) is 9.71. The highest BCUT2D eigenvalue weighted by Crippen LogP contribution is 2.35. The van der Waals surface area contributed by atoms with Gasteiger partial charge < -0.3 is 15.0 Å². The van der Waals surface area contributed by atoms with E-state index in [0.29, 0.717) is 32.5 Å². The number of nitrogens with one attached hydrogen (secondary N) is 1. The van der Waals surface area contributed by atoms with Crippen molar-refractivity contribution < 1.29 is 14.3 Å². The van der Waals surface area contributed by atoms with Gasteiger partial charge in [0.1, 0.15) is 11.9 Å². The molecule has 2 aliphatic heterocycles. The van der Waals surface area contributed by atoms with Crippen LogP contribution in [0, 0.1) is 12.8 Å². The molecule has 174 valence electrons. The molecule has 5 rings (SSSR count). The van der Waals surface area contributed by atoms with Gasteiger partial charge in [-0.1, -0.05) is 30.3 Å². The number of ether oxygens (including phenoxy) is 1. The molecule has 3 aliphatic rings. The third-order valence-corrected chi connectivity index (χ3v) is 7.23. The SMILES string of the molecule is Cc1ccc2c(c1)N(C(=O)N1CCC(C(=O)N[C@H]3CCCc4ccccc43)CC1)C[C@H](C)O2. The van der Waals surface area contributed by atoms with Crippen molar-refractivity contribution in [2.24, 2.45) is 5.92 Å². The summed E-state index contributed by atoms with van der Waals surface area (Å²) in [6.45, 7) is 5.76. The van der Waals surface area contributed by atoms with E-state index in [9.17, 15) is 9.59 Å². The van der Waals surface area contributed by atoms with Gasteiger partial charge >= 0.3 is 6.03 Å². The van der Waals surface area contributed by atoms with Crippen molar-refractivity contribution in [3.05, 3.63) is 59.2 Å². The minimum Gasteiger partial charge on any atom is -0.487 e. The molecule has 2 aromatic rings. The number of fused-ring (bicyclic) bond motifs is 2. The minimum atomic E-state index is -0.0501. The molecule has 33 heavy (non-hydrogen) atoms. The molecule has 2 heterocycles. The van der Waals surface area contributed by atoms with Crippen molar-refractivity contribution in [3.63, 3.8) is 0 Å². The predicted octanol–water partition coefficient (Wildman–Crippen LogP) is 4.61. The lowest BCUT2D eigenvalue weighted by atomic mass is 9.87. The van der Waals surface area contributed by atoms with Gasteiger partial charge in [-0.15, -0.1) is 0 Å². The molecule has 0 bridgehead atoms. The molecule has 1 aliphatic carbocycles. The number of rotatable bonds is 2. The molecule has 0 unspecified atom stereocenters. The normalized spacial score (nSPS) is 22.7. The van der Waals surface area contributed by atoms with E-state index in [0.717, 1.165) is 36.3 Å². The first-order valence-corrected chi connectivity index (χ1v) is 12.2. The molecule has 2 atom stereocenters. The van der Waals surface area contributed by atoms with Gasteiger partial charge in [0.05, 0.1) is 18.3 Å². The van der Waals surface area contributed by atoms with Crippen LogP contribution in [0.3, 0.4) is 0 Å². The number of hydrogen-bond donors (Lipinski definition) is 1. The lowest BCUT2D eigenvalue weighted by molar-refractivity contribution is -0.127. The minimum absolute atomic E-state index is 0.0112. The van der Waals surface area contributed by atoms with Crippen LogP contribution in [-0.4, -0.2) is 42.6 Å². The van der Waals surface area contributed by atoms with Gasteiger partial charge in [-0.3, -0.25) is 9.69 Å². The smallest absolute Gasteiger partial charge is 0.324 e. The number of benzene rings is 2. The van der Waals surface area contributed by atoms with E-state index < -0.39 is 0 Å². The molecule has 0 saturated carbocycles. The van der Waals surface area contributed by atoms with Crippen LogP contribution in [0.2, 0.25) is 0 Å². The van der Waals surface area contributed by atoms with E-state index in [2.05, 4.69) is 29.6 Å². The number of amides is 3. The number of urea groups is 1. The van der Waals surface area contributed by atoms with Crippen LogP contribution in [-0.2, 0) is 11.2 Å². The predicted molar refractivity (Wildman–Crippen MR) is 129 cm³/mol. The Morgan fingerprint density at radius 3 is 2.67 bits per heavy atom. The van der Waals surface area contributed by atoms with E-state index in [1.54, 1.807) is 0 Å². The molecule has 2 aromatic carbocycles. The molecule has 0 aromatic heterocycles. The van der Waals surface area contributed by atoms with Crippen LogP contribution in [0.25, 0.3) is 0 Å². The average Bonchev–Trinajstić information content (AvgIpc) is 2.83. The highest BCUT2D eigenvalue weighted by Gasteiger charge is 2.34. The zero-order chi connectivity index (χ0) is 22.9. The van der Waals surface area contributed by atoms with Gasteiger partial charge in [-0.2, -0.15) is 0 Å². The Morgan fingerprint density at radius 1 is 1.06 bits per heavy atom. The first-order chi connectivity index (χ1) is 16.0. The van der Waals surface area contributed by atoms with Gasteiger partial charge in [-0.25, -0.2) is 4.79 Å². The highest BCUT2D eigenvalue weighted by molar-refractivity contribution is 5.94. The summed E-state index contributed by atoms with van der Waals surface area (Å²) >= 11 is 0. The van der Waals surface area contributed by atoms with Crippen LogP contribution in [0.4, 0.5) is 10.5 Å². The molecule has 6 heteroatoms. The first kappa shape index (κ1) is 21.8. The topological polar surface area (TPSA) is 61.9 Å². The average molecular weight is 448 g/mol. The quantitative estimate of drug-likeness (QED) is 0.731. The fraction of sp³-hybridized carbons (Fsp3) is 0.481. The summed E-state index contributed by atoms with van der Waals surface area (Å²) in [6.07, 6.45) is 4.54. The number of carbonyl (C=O) groups is 2. The van der Waals surface area contributed by atoms with Crippen molar-refractivity contribution in [2.75, 3.05) is 24.5 Å². The molecule has 3 amide bonds. The Hall–Kier alpha value is -3.02. The maximum absolute atomic E-state index is 13.4. The first-order valence-electron chi connectivity index (χ1n) is 12.2. The summed E-state index contributed by atoms with van der Waals surface area (Å²) in [4.78, 5) is 30.2. The van der Waals surface area contributed by atoms with Crippen LogP contribution in [0.5, 0.6) is 5.75 Å². The fourth-order valence-corrected chi connectivity index (χ4v) is 5.43. The zero-order valence-electron chi connectivity index (χ0n) is 19.5. The number of anilines is 1. The number of piperidine rings is 1. The molecule has 1 saturated heterocycles. The van der Waals surface area contributed by atoms with E-state index in [1.165, 1.54) is 11.1 Å². The molecule has 0 radical (unpaired) electrons. The molecule has 6 nitrogen and oxygen atoms in total. The largest absolute Gasteiger partial charge is 0.487 e. The van der Waals surface area contributed by atoms with Gasteiger partial charge in [0, 0.05) is 19.0 Å². The van der Waals surface area contributed by atoms with Gasteiger partial charge in [0.25, 0.3) is 0 Å². The Kier molecular flexibility index (Phi) is 6.00. The van der Waals surface area contributed by atoms with E-state index >= 15 is 0 Å². The third kappa shape index (κ3) is 4.43. The number of nitrogens with zero attached hydrogens (tertiary/aromatic N) is 2. The van der Waals surface area contributed by atoms with Crippen molar-refractivity contribution in [2.45, 2.75) is 58.1 Å². The Bertz CT molecular complexity index is 1040. The van der Waals surface area contributed by atoms with Crippen LogP contribution < -0.4 is 15.0 Å². The fourth-order valence-electron chi connectivity index (χ4n) is 5.43. The Balaban J connectivity index is 1.21. The maximum atomic E-state index is 13.4. The van der Waals surface area contributed by atoms with Crippen LogP contribution in [0.15, 0.2) is 42.5 Å². The molecular weight excluding hydrogens is 414 g/mol. The van der Waals surface area contributed by atoms with Crippen LogP contribution >= 0.6 is 0 Å². The van der Waals surface area contributed by atoms with E-state index in [4.69, 9.17) is 4.74 Å². The summed E-state index contributed by atoms with van der Waals surface area (Å²) in [5.74, 6) is 0.848. The van der Waals surface area contributed by atoms with Crippen molar-refractivity contribution in [1.29, 1.82) is 0 Å². The lowest BCUT2D eigenvalue weighted by Crippen LogP contribution is -2.52. The van der Waals surface area contributed by atoms with Crippen molar-refractivity contribution in [1.82, 2.24) is 10.2 Å². The summed E-state index contributed by atoms with van der Waals surface area (Å²) < 4.78 is 5.93. The maximum Gasteiger partial charge on any atom is 0.324 e. The molecular formula is C27H33N3O3. The number of carbonyl (C=O) groups excluding carboxylic acids is 2. The van der Waals surface area contributed by atoms with E-state index in [-0.39, 0.29) is 30.0 Å². The summed E-state index contributed by atoms with van der Waals surface area (Å²) in [7, 11) is 0. The van der Waals surface area contributed by atoms with Crippen molar-refractivity contribution in [3.8, 4) is 5.75 Å². The lowest BCUT2D eigenvalue weighted by Gasteiger charge is -2.39. The second kappa shape index (κ2) is 9.08. The number of likely N-dealkylation sites (tertiary alicyclic amines) is 1. The van der Waals surface area contributed by atoms with E-state index in [1.807, 2.05) is 41.8 Å². The Labute approximate surface area is 195 Å². The summed E-state index contributed by atoms with van der Waals surface area (Å²) in [6, 6.07) is 14.5. The van der Waals surface area contributed by atoms with Gasteiger partial charge in [0.2, 0.25) is 5.91 Å². The van der Waals surface area contributed by atoms with Gasteiger partial charge in [0.15, 0.2) is 0 Å². The molecule has 1 N–H and O–H groups in total. The molecule has 1 fully saturated rings. The molecule has 0 spiro atoms. The number of aryl methyl sites for hydroxylation is 2. The third-order valence-electron chi connectivity index (χ3n) is 7.23. The second-order valence-corrected chi connectivity index (χ2v) is 9.71. The standard InChI is InChI=1S/C27H33N3O3/c1-18-10-11-25-24(16-18)30(17-19(2)33-25)27(32)29-14-12-21(13-15-29)26(31)28-23-9-5-7-20-6-3-4-8-22(20)23/h3-4,6,8,10-11,16,19,21,23H,5,7,9,12-15,17H2,1-2H3,(H,28,31)/t19-,23-/m0/s1. The monoisotopic (exact) mass is 447 g/mol. The van der Waals surface area contributed by atoms with Crippen molar-refractivity contribution >= 4 is 17.6 Å². The van der Waals surface area contributed by atoms with Crippen LogP contribution in [0.1, 0.15) is 55.3 Å². The Morgan fingerprint density at radius 2 is 1.85 bits per heavy atom. The highest BCUT2D eigenvalue weighted by atomic mass is 16.5. The van der Waals surface area contributed by atoms with Gasteiger partial charge in [-0.05, 0) is 74.8 Å². The zero-order valence-corrected chi connectivity index (χ0v) is 19.5. The summed E-state index contributed by atoms with van der Waals surface area (Å²) in [5, 5.41) is 3.31. The number of hydrogen-bond acceptors (Lipinski definition) is 3. The summed E-state index contributed by atoms with van der Waals surface area (Å²) in [5.41, 5.74) is 4.56.